The molecule has 3 heteroatoms. The molecule has 0 amide bonds. The first-order valence-corrected chi connectivity index (χ1v) is 6.23. The summed E-state index contributed by atoms with van der Waals surface area (Å²) in [6.45, 7) is 2.59. The van der Waals surface area contributed by atoms with Crippen molar-refractivity contribution in [2.45, 2.75) is 13.5 Å². The minimum Gasteiger partial charge on any atom is -0.399 e. The fourth-order valence-corrected chi connectivity index (χ4v) is 2.39. The van der Waals surface area contributed by atoms with Crippen LogP contribution in [0.3, 0.4) is 0 Å². The number of fused-ring (bicyclic) bond motifs is 1. The van der Waals surface area contributed by atoms with Gasteiger partial charge in [0.25, 0.3) is 0 Å². The molecule has 0 bridgehead atoms. The molecule has 19 heavy (non-hydrogen) atoms. The number of benzene rings is 2. The van der Waals surface area contributed by atoms with Crippen molar-refractivity contribution < 1.29 is 4.39 Å². The largest absolute Gasteiger partial charge is 0.399 e. The summed E-state index contributed by atoms with van der Waals surface area (Å²) in [5.41, 5.74) is 9.02. The van der Waals surface area contributed by atoms with E-state index < -0.39 is 0 Å². The second-order valence-electron chi connectivity index (χ2n) is 4.80. The van der Waals surface area contributed by atoms with E-state index in [2.05, 4.69) is 29.7 Å². The van der Waals surface area contributed by atoms with Crippen LogP contribution in [-0.2, 0) is 6.54 Å². The number of nitrogens with zero attached hydrogens (tertiary/aromatic N) is 1. The highest BCUT2D eigenvalue weighted by atomic mass is 19.1. The minimum atomic E-state index is -0.255. The van der Waals surface area contributed by atoms with E-state index in [1.807, 2.05) is 12.3 Å². The quantitative estimate of drug-likeness (QED) is 0.694. The number of nitrogens with two attached hydrogens (primary N) is 1. The Kier molecular flexibility index (Phi) is 2.75. The van der Waals surface area contributed by atoms with Crippen LogP contribution >= 0.6 is 0 Å². The lowest BCUT2D eigenvalue weighted by atomic mass is 10.1. The third-order valence-corrected chi connectivity index (χ3v) is 3.45. The van der Waals surface area contributed by atoms with Crippen molar-refractivity contribution in [1.29, 1.82) is 0 Å². The van der Waals surface area contributed by atoms with Gasteiger partial charge in [-0.2, -0.15) is 0 Å². The number of aromatic nitrogens is 1. The summed E-state index contributed by atoms with van der Waals surface area (Å²) in [5.74, 6) is -0.255. The van der Waals surface area contributed by atoms with E-state index in [0.717, 1.165) is 5.52 Å². The molecule has 0 saturated carbocycles. The van der Waals surface area contributed by atoms with Gasteiger partial charge in [0.05, 0.1) is 6.54 Å². The van der Waals surface area contributed by atoms with Gasteiger partial charge in [0.15, 0.2) is 0 Å². The van der Waals surface area contributed by atoms with Crippen molar-refractivity contribution >= 4 is 16.6 Å². The van der Waals surface area contributed by atoms with Crippen LogP contribution in [0.4, 0.5) is 10.1 Å². The van der Waals surface area contributed by atoms with E-state index in [9.17, 15) is 4.39 Å². The Balaban J connectivity index is 2.04. The molecule has 3 rings (SSSR count). The topological polar surface area (TPSA) is 30.9 Å². The Hall–Kier alpha value is -2.29. The molecule has 2 N–H and O–H groups in total. The average molecular weight is 254 g/mol. The van der Waals surface area contributed by atoms with Crippen LogP contribution in [0.25, 0.3) is 10.9 Å². The summed E-state index contributed by atoms with van der Waals surface area (Å²) in [6.07, 6.45) is 1.99. The van der Waals surface area contributed by atoms with Crippen molar-refractivity contribution in [3.05, 3.63) is 65.6 Å². The van der Waals surface area contributed by atoms with E-state index in [4.69, 9.17) is 5.73 Å². The highest BCUT2D eigenvalue weighted by Gasteiger charge is 2.07. The molecular formula is C16H15FN2. The molecule has 0 fully saturated rings. The fourth-order valence-electron chi connectivity index (χ4n) is 2.39. The van der Waals surface area contributed by atoms with E-state index in [-0.39, 0.29) is 5.82 Å². The Morgan fingerprint density at radius 2 is 2.00 bits per heavy atom. The van der Waals surface area contributed by atoms with Crippen molar-refractivity contribution in [2.24, 2.45) is 0 Å². The summed E-state index contributed by atoms with van der Waals surface area (Å²) >= 11 is 0. The Labute approximate surface area is 111 Å². The molecule has 0 aliphatic heterocycles. The maximum Gasteiger partial charge on any atom is 0.130 e. The molecule has 0 radical (unpaired) electrons. The molecule has 3 aromatic rings. The second-order valence-corrected chi connectivity index (χ2v) is 4.80. The SMILES string of the molecule is Cc1cccc2c1ccn2Cc1ccc(N)cc1F. The van der Waals surface area contributed by atoms with Gasteiger partial charge >= 0.3 is 0 Å². The summed E-state index contributed by atoms with van der Waals surface area (Å²) in [6, 6.07) is 13.1. The lowest BCUT2D eigenvalue weighted by Crippen LogP contribution is -2.01. The van der Waals surface area contributed by atoms with Gasteiger partial charge in [0, 0.05) is 28.4 Å². The number of halogens is 1. The smallest absolute Gasteiger partial charge is 0.130 e. The zero-order valence-corrected chi connectivity index (χ0v) is 10.7. The van der Waals surface area contributed by atoms with Crippen molar-refractivity contribution in [3.8, 4) is 0 Å². The molecule has 0 spiro atoms. The van der Waals surface area contributed by atoms with E-state index in [0.29, 0.717) is 17.8 Å². The predicted octanol–water partition coefficient (Wildman–Crippen LogP) is 3.72. The number of hydrogen-bond donors (Lipinski definition) is 1. The molecular weight excluding hydrogens is 239 g/mol. The summed E-state index contributed by atoms with van der Waals surface area (Å²) < 4.78 is 15.9. The van der Waals surface area contributed by atoms with Gasteiger partial charge in [-0.05, 0) is 36.8 Å². The molecule has 0 atom stereocenters. The van der Waals surface area contributed by atoms with Crippen LogP contribution in [0.5, 0.6) is 0 Å². The van der Waals surface area contributed by atoms with Gasteiger partial charge in [-0.25, -0.2) is 4.39 Å². The van der Waals surface area contributed by atoms with Crippen LogP contribution in [-0.4, -0.2) is 4.57 Å². The zero-order valence-electron chi connectivity index (χ0n) is 10.7. The van der Waals surface area contributed by atoms with Crippen LogP contribution in [0.2, 0.25) is 0 Å². The molecule has 2 nitrogen and oxygen atoms in total. The first kappa shape index (κ1) is 11.8. The standard InChI is InChI=1S/C16H15FN2/c1-11-3-2-4-16-14(11)7-8-19(16)10-12-5-6-13(18)9-15(12)17/h2-9H,10,18H2,1H3. The molecule has 1 aromatic heterocycles. The number of aryl methyl sites for hydroxylation is 1. The van der Waals surface area contributed by atoms with Gasteiger partial charge in [-0.1, -0.05) is 18.2 Å². The maximum atomic E-state index is 13.8. The van der Waals surface area contributed by atoms with Gasteiger partial charge in [0.2, 0.25) is 0 Å². The molecule has 2 aromatic carbocycles. The average Bonchev–Trinajstić information content (AvgIpc) is 2.78. The first-order valence-electron chi connectivity index (χ1n) is 6.23. The van der Waals surface area contributed by atoms with Crippen LogP contribution in [0.15, 0.2) is 48.7 Å². The third-order valence-electron chi connectivity index (χ3n) is 3.45. The molecule has 0 saturated heterocycles. The van der Waals surface area contributed by atoms with Gasteiger partial charge < -0.3 is 10.3 Å². The van der Waals surface area contributed by atoms with Crippen molar-refractivity contribution in [3.63, 3.8) is 0 Å². The summed E-state index contributed by atoms with van der Waals surface area (Å²) in [5, 5.41) is 1.21. The highest BCUT2D eigenvalue weighted by Crippen LogP contribution is 2.21. The Bertz CT molecular complexity index is 744. The van der Waals surface area contributed by atoms with E-state index in [1.165, 1.54) is 17.0 Å². The maximum absolute atomic E-state index is 13.8. The minimum absolute atomic E-state index is 0.255. The van der Waals surface area contributed by atoms with Crippen LogP contribution < -0.4 is 5.73 Å². The highest BCUT2D eigenvalue weighted by molar-refractivity contribution is 5.83. The molecule has 96 valence electrons. The molecule has 0 aliphatic rings. The Morgan fingerprint density at radius 1 is 1.16 bits per heavy atom. The van der Waals surface area contributed by atoms with E-state index >= 15 is 0 Å². The first-order chi connectivity index (χ1) is 9.15. The summed E-state index contributed by atoms with van der Waals surface area (Å²) in [7, 11) is 0. The normalized spacial score (nSPS) is 11.1. The molecule has 0 aliphatic carbocycles. The lowest BCUT2D eigenvalue weighted by molar-refractivity contribution is 0.603. The fraction of sp³-hybridized carbons (Fsp3) is 0.125. The molecule has 0 unspecified atom stereocenters. The third kappa shape index (κ3) is 2.08. The van der Waals surface area contributed by atoms with Gasteiger partial charge in [-0.15, -0.1) is 0 Å². The van der Waals surface area contributed by atoms with Gasteiger partial charge in [0.1, 0.15) is 5.82 Å². The van der Waals surface area contributed by atoms with Crippen molar-refractivity contribution in [2.75, 3.05) is 5.73 Å². The van der Waals surface area contributed by atoms with Gasteiger partial charge in [-0.3, -0.25) is 0 Å². The number of hydrogen-bond acceptors (Lipinski definition) is 1. The van der Waals surface area contributed by atoms with Crippen LogP contribution in [0, 0.1) is 12.7 Å². The van der Waals surface area contributed by atoms with E-state index in [1.54, 1.807) is 12.1 Å². The summed E-state index contributed by atoms with van der Waals surface area (Å²) in [4.78, 5) is 0. The Morgan fingerprint density at radius 3 is 2.79 bits per heavy atom. The number of anilines is 1. The number of nitrogen functional groups attached to an aromatic ring is 1. The number of rotatable bonds is 2. The van der Waals surface area contributed by atoms with Crippen LogP contribution in [0.1, 0.15) is 11.1 Å². The lowest BCUT2D eigenvalue weighted by Gasteiger charge is -2.08. The second kappa shape index (κ2) is 4.43. The predicted molar refractivity (Wildman–Crippen MR) is 76.6 cm³/mol. The molecule has 1 heterocycles. The monoisotopic (exact) mass is 254 g/mol. The zero-order chi connectivity index (χ0) is 13.4. The van der Waals surface area contributed by atoms with Crippen molar-refractivity contribution in [1.82, 2.24) is 4.57 Å².